The van der Waals surface area contributed by atoms with Crippen LogP contribution in [0.4, 0.5) is 11.5 Å². The number of nitrogens with zero attached hydrogens (tertiary/aromatic N) is 2. The Morgan fingerprint density at radius 1 is 1.08 bits per heavy atom. The maximum Gasteiger partial charge on any atom is 0.243 e. The molecule has 128 valence electrons. The van der Waals surface area contributed by atoms with E-state index in [2.05, 4.69) is 20.6 Å². The fourth-order valence-corrected chi connectivity index (χ4v) is 2.40. The number of hydrogen-bond acceptors (Lipinski definition) is 5. The maximum atomic E-state index is 12.1. The Hall–Kier alpha value is -3.15. The quantitative estimate of drug-likeness (QED) is 0.721. The van der Waals surface area contributed by atoms with Gasteiger partial charge in [-0.25, -0.2) is 9.97 Å². The van der Waals surface area contributed by atoms with Gasteiger partial charge in [-0.15, -0.1) is 0 Å². The van der Waals surface area contributed by atoms with Crippen LogP contribution in [-0.2, 0) is 4.79 Å². The van der Waals surface area contributed by atoms with Crippen LogP contribution in [0.3, 0.4) is 0 Å². The molecule has 2 N–H and O–H groups in total. The van der Waals surface area contributed by atoms with Crippen LogP contribution in [0.1, 0.15) is 13.8 Å². The van der Waals surface area contributed by atoms with Crippen molar-refractivity contribution in [2.45, 2.75) is 20.0 Å². The van der Waals surface area contributed by atoms with E-state index < -0.39 is 0 Å². The zero-order valence-corrected chi connectivity index (χ0v) is 14.2. The first-order chi connectivity index (χ1) is 12.1. The van der Waals surface area contributed by atoms with Crippen LogP contribution in [-0.4, -0.2) is 28.5 Å². The second-order valence-corrected chi connectivity index (χ2v) is 5.83. The number of benzene rings is 2. The minimum atomic E-state index is -0.153. The van der Waals surface area contributed by atoms with Crippen molar-refractivity contribution in [3.05, 3.63) is 54.9 Å². The minimum absolute atomic E-state index is 0.116. The second kappa shape index (κ2) is 7.61. The Kier molecular flexibility index (Phi) is 5.09. The summed E-state index contributed by atoms with van der Waals surface area (Å²) >= 11 is 0. The largest absolute Gasteiger partial charge is 0.491 e. The highest BCUT2D eigenvalue weighted by molar-refractivity contribution is 5.95. The third-order valence-corrected chi connectivity index (χ3v) is 3.47. The van der Waals surface area contributed by atoms with Crippen LogP contribution in [0.5, 0.6) is 5.75 Å². The zero-order chi connectivity index (χ0) is 17.6. The molecule has 0 aliphatic heterocycles. The summed E-state index contributed by atoms with van der Waals surface area (Å²) in [7, 11) is 0. The molecular weight excluding hydrogens is 316 g/mol. The first kappa shape index (κ1) is 16.7. The lowest BCUT2D eigenvalue weighted by Gasteiger charge is -2.11. The van der Waals surface area contributed by atoms with Gasteiger partial charge in [0.25, 0.3) is 0 Å². The van der Waals surface area contributed by atoms with Gasteiger partial charge < -0.3 is 15.4 Å². The lowest BCUT2D eigenvalue weighted by molar-refractivity contribution is -0.114. The van der Waals surface area contributed by atoms with E-state index in [1.54, 1.807) is 0 Å². The van der Waals surface area contributed by atoms with Crippen molar-refractivity contribution in [3.8, 4) is 5.75 Å². The predicted octanol–water partition coefficient (Wildman–Crippen LogP) is 3.47. The van der Waals surface area contributed by atoms with Crippen molar-refractivity contribution in [3.63, 3.8) is 0 Å². The van der Waals surface area contributed by atoms with Crippen LogP contribution in [0.15, 0.2) is 54.9 Å². The molecule has 0 unspecified atom stereocenters. The number of aromatic nitrogens is 2. The van der Waals surface area contributed by atoms with Gasteiger partial charge in [-0.2, -0.15) is 0 Å². The fraction of sp³-hybridized carbons (Fsp3) is 0.211. The predicted molar refractivity (Wildman–Crippen MR) is 98.9 cm³/mol. The molecule has 6 nitrogen and oxygen atoms in total. The molecule has 1 aromatic heterocycles. The van der Waals surface area contributed by atoms with E-state index in [4.69, 9.17) is 4.74 Å². The van der Waals surface area contributed by atoms with Gasteiger partial charge in [0.2, 0.25) is 5.91 Å². The molecule has 0 saturated carbocycles. The van der Waals surface area contributed by atoms with Gasteiger partial charge in [0.05, 0.1) is 18.2 Å². The smallest absolute Gasteiger partial charge is 0.243 e. The third-order valence-electron chi connectivity index (χ3n) is 3.47. The lowest BCUT2D eigenvalue weighted by atomic mass is 10.2. The van der Waals surface area contributed by atoms with Gasteiger partial charge in [-0.3, -0.25) is 4.79 Å². The molecule has 2 aromatic carbocycles. The number of ether oxygens (including phenoxy) is 1. The molecule has 25 heavy (non-hydrogen) atoms. The summed E-state index contributed by atoms with van der Waals surface area (Å²) in [6, 6.07) is 15.0. The number of carbonyl (C=O) groups is 1. The van der Waals surface area contributed by atoms with E-state index in [1.165, 1.54) is 6.33 Å². The number of para-hydroxylation sites is 1. The summed E-state index contributed by atoms with van der Waals surface area (Å²) in [4.78, 5) is 20.5. The van der Waals surface area contributed by atoms with Crippen molar-refractivity contribution < 1.29 is 9.53 Å². The van der Waals surface area contributed by atoms with E-state index in [0.717, 1.165) is 22.3 Å². The molecule has 3 rings (SSSR count). The van der Waals surface area contributed by atoms with Gasteiger partial charge in [-0.1, -0.05) is 12.1 Å². The fourth-order valence-electron chi connectivity index (χ4n) is 2.40. The van der Waals surface area contributed by atoms with Gasteiger partial charge in [0, 0.05) is 11.1 Å². The van der Waals surface area contributed by atoms with Crippen LogP contribution in [0.25, 0.3) is 10.9 Å². The number of nitrogens with one attached hydrogen (secondary N) is 2. The standard InChI is InChI=1S/C19H20N4O2/c1-13(2)25-15-9-7-14(8-10-15)23-18(24)11-20-19-16-5-3-4-6-17(16)21-12-22-19/h3-10,12-13H,11H2,1-2H3,(H,23,24)(H,20,21,22). The molecule has 0 saturated heterocycles. The van der Waals surface area contributed by atoms with Gasteiger partial charge in [0.1, 0.15) is 17.9 Å². The molecular formula is C19H20N4O2. The topological polar surface area (TPSA) is 76.1 Å². The van der Waals surface area contributed by atoms with E-state index >= 15 is 0 Å². The zero-order valence-electron chi connectivity index (χ0n) is 14.2. The molecule has 0 radical (unpaired) electrons. The summed E-state index contributed by atoms with van der Waals surface area (Å²) in [5, 5.41) is 6.78. The minimum Gasteiger partial charge on any atom is -0.491 e. The highest BCUT2D eigenvalue weighted by atomic mass is 16.5. The molecule has 0 atom stereocenters. The van der Waals surface area contributed by atoms with Gasteiger partial charge >= 0.3 is 0 Å². The summed E-state index contributed by atoms with van der Waals surface area (Å²) in [6.45, 7) is 4.06. The average molecular weight is 336 g/mol. The summed E-state index contributed by atoms with van der Waals surface area (Å²) in [5.41, 5.74) is 1.55. The number of amides is 1. The maximum absolute atomic E-state index is 12.1. The van der Waals surface area contributed by atoms with E-state index in [0.29, 0.717) is 5.82 Å². The number of rotatable bonds is 6. The van der Waals surface area contributed by atoms with Crippen molar-refractivity contribution in [1.82, 2.24) is 9.97 Å². The van der Waals surface area contributed by atoms with Crippen LogP contribution < -0.4 is 15.4 Å². The highest BCUT2D eigenvalue weighted by Gasteiger charge is 2.06. The molecule has 0 spiro atoms. The molecule has 1 heterocycles. The van der Waals surface area contributed by atoms with Gasteiger partial charge in [-0.05, 0) is 50.2 Å². The third kappa shape index (κ3) is 4.44. The molecule has 0 fully saturated rings. The summed E-state index contributed by atoms with van der Waals surface area (Å²) in [5.74, 6) is 1.26. The van der Waals surface area contributed by atoms with Crippen molar-refractivity contribution in [2.75, 3.05) is 17.2 Å². The summed E-state index contributed by atoms with van der Waals surface area (Å²) < 4.78 is 5.58. The second-order valence-electron chi connectivity index (χ2n) is 5.83. The van der Waals surface area contributed by atoms with Crippen molar-refractivity contribution >= 4 is 28.3 Å². The van der Waals surface area contributed by atoms with Crippen molar-refractivity contribution in [2.24, 2.45) is 0 Å². The molecule has 1 amide bonds. The monoisotopic (exact) mass is 336 g/mol. The average Bonchev–Trinajstić information content (AvgIpc) is 2.61. The normalized spacial score (nSPS) is 10.7. The van der Waals surface area contributed by atoms with Crippen LogP contribution in [0, 0.1) is 0 Å². The lowest BCUT2D eigenvalue weighted by Crippen LogP contribution is -2.22. The van der Waals surface area contributed by atoms with E-state index in [1.807, 2.05) is 62.4 Å². The van der Waals surface area contributed by atoms with Crippen molar-refractivity contribution in [1.29, 1.82) is 0 Å². The number of hydrogen-bond donors (Lipinski definition) is 2. The molecule has 3 aromatic rings. The molecule has 0 aliphatic rings. The van der Waals surface area contributed by atoms with Gasteiger partial charge in [0.15, 0.2) is 0 Å². The Balaban J connectivity index is 1.59. The Morgan fingerprint density at radius 3 is 2.60 bits per heavy atom. The Bertz CT molecular complexity index is 857. The molecule has 0 aliphatic carbocycles. The van der Waals surface area contributed by atoms with E-state index in [-0.39, 0.29) is 18.6 Å². The Labute approximate surface area is 146 Å². The van der Waals surface area contributed by atoms with Crippen LogP contribution in [0.2, 0.25) is 0 Å². The first-order valence-electron chi connectivity index (χ1n) is 8.12. The molecule has 0 bridgehead atoms. The summed E-state index contributed by atoms with van der Waals surface area (Å²) in [6.07, 6.45) is 1.60. The highest BCUT2D eigenvalue weighted by Crippen LogP contribution is 2.19. The van der Waals surface area contributed by atoms with Crippen LogP contribution >= 0.6 is 0 Å². The Morgan fingerprint density at radius 2 is 1.84 bits per heavy atom. The number of anilines is 2. The molecule has 6 heteroatoms. The first-order valence-corrected chi connectivity index (χ1v) is 8.12. The van der Waals surface area contributed by atoms with E-state index in [9.17, 15) is 4.79 Å². The number of fused-ring (bicyclic) bond motifs is 1. The number of carbonyl (C=O) groups excluding carboxylic acids is 1. The SMILES string of the molecule is CC(C)Oc1ccc(NC(=O)CNc2ncnc3ccccc23)cc1.